The van der Waals surface area contributed by atoms with Crippen LogP contribution in [0.1, 0.15) is 31.2 Å². The smallest absolute Gasteiger partial charge is 0.0408 e. The van der Waals surface area contributed by atoms with Gasteiger partial charge in [0.25, 0.3) is 0 Å². The van der Waals surface area contributed by atoms with E-state index >= 15 is 0 Å². The van der Waals surface area contributed by atoms with Crippen molar-refractivity contribution < 1.29 is 0 Å². The average molecular weight is 308 g/mol. The van der Waals surface area contributed by atoms with Gasteiger partial charge in [-0.15, -0.1) is 0 Å². The first-order chi connectivity index (χ1) is 10.2. The maximum absolute atomic E-state index is 6.18. The molecule has 116 valence electrons. The van der Waals surface area contributed by atoms with E-state index in [4.69, 9.17) is 17.3 Å². The Bertz CT molecular complexity index is 463. The largest absolute Gasteiger partial charge is 0.330 e. The normalized spacial score (nSPS) is 31.2. The van der Waals surface area contributed by atoms with E-state index in [1.165, 1.54) is 44.3 Å². The van der Waals surface area contributed by atoms with Gasteiger partial charge in [0, 0.05) is 49.2 Å². The lowest BCUT2D eigenvalue weighted by molar-refractivity contribution is 0.112. The third kappa shape index (κ3) is 3.26. The molecule has 3 rings (SSSR count). The van der Waals surface area contributed by atoms with Gasteiger partial charge in [-0.25, -0.2) is 0 Å². The lowest BCUT2D eigenvalue weighted by atomic mass is 9.68. The van der Waals surface area contributed by atoms with Gasteiger partial charge in [-0.3, -0.25) is 4.90 Å². The van der Waals surface area contributed by atoms with Crippen LogP contribution in [0.3, 0.4) is 0 Å². The molecule has 2 fully saturated rings. The van der Waals surface area contributed by atoms with Crippen molar-refractivity contribution in [3.8, 4) is 0 Å². The highest BCUT2D eigenvalue weighted by Crippen LogP contribution is 2.40. The number of piperazine rings is 1. The molecule has 1 aromatic carbocycles. The van der Waals surface area contributed by atoms with Crippen LogP contribution in [0.25, 0.3) is 0 Å². The Kier molecular flexibility index (Phi) is 4.85. The van der Waals surface area contributed by atoms with E-state index in [-0.39, 0.29) is 5.41 Å². The molecule has 0 bridgehead atoms. The number of benzene rings is 1. The Balaban J connectivity index is 1.69. The number of hydrogen-bond acceptors (Lipinski definition) is 3. The predicted octanol–water partition coefficient (Wildman–Crippen LogP) is 2.38. The molecule has 0 radical (unpaired) electrons. The van der Waals surface area contributed by atoms with E-state index in [9.17, 15) is 0 Å². The topological polar surface area (TPSA) is 41.3 Å². The second-order valence-electron chi connectivity index (χ2n) is 6.51. The van der Waals surface area contributed by atoms with Crippen molar-refractivity contribution in [1.82, 2.24) is 10.2 Å². The van der Waals surface area contributed by atoms with Crippen molar-refractivity contribution in [3.05, 3.63) is 34.9 Å². The second kappa shape index (κ2) is 6.66. The molecule has 0 unspecified atom stereocenters. The van der Waals surface area contributed by atoms with Gasteiger partial charge in [0.05, 0.1) is 0 Å². The molecule has 1 saturated heterocycles. The minimum Gasteiger partial charge on any atom is -0.330 e. The number of nitrogens with zero attached hydrogens (tertiary/aromatic N) is 1. The van der Waals surface area contributed by atoms with Crippen LogP contribution in [0.2, 0.25) is 5.02 Å². The van der Waals surface area contributed by atoms with Crippen molar-refractivity contribution in [2.24, 2.45) is 5.73 Å². The fourth-order valence-corrected chi connectivity index (χ4v) is 4.19. The van der Waals surface area contributed by atoms with Gasteiger partial charge in [0.1, 0.15) is 0 Å². The molecule has 1 aromatic rings. The zero-order chi connectivity index (χ0) is 14.7. The van der Waals surface area contributed by atoms with Crippen LogP contribution in [0, 0.1) is 0 Å². The fourth-order valence-electron chi connectivity index (χ4n) is 4.00. The lowest BCUT2D eigenvalue weighted by Gasteiger charge is -2.44. The number of rotatable bonds is 3. The predicted molar refractivity (Wildman–Crippen MR) is 88.9 cm³/mol. The number of nitrogens with one attached hydrogen (secondary N) is 1. The molecule has 0 amide bonds. The highest BCUT2D eigenvalue weighted by atomic mass is 35.5. The molecular formula is C17H26ClN3. The molecule has 2 aliphatic rings. The van der Waals surface area contributed by atoms with Gasteiger partial charge in [-0.2, -0.15) is 0 Å². The van der Waals surface area contributed by atoms with Crippen LogP contribution in [0.4, 0.5) is 0 Å². The second-order valence-corrected chi connectivity index (χ2v) is 6.95. The Morgan fingerprint density at radius 3 is 2.57 bits per heavy atom. The van der Waals surface area contributed by atoms with E-state index in [1.54, 1.807) is 0 Å². The molecule has 0 aromatic heterocycles. The summed E-state index contributed by atoms with van der Waals surface area (Å²) in [6.07, 6.45) is 4.87. The molecule has 3 N–H and O–H groups in total. The Labute approximate surface area is 132 Å². The molecule has 1 aliphatic carbocycles. The summed E-state index contributed by atoms with van der Waals surface area (Å²) in [6, 6.07) is 9.05. The van der Waals surface area contributed by atoms with Crippen LogP contribution in [-0.2, 0) is 5.41 Å². The van der Waals surface area contributed by atoms with Gasteiger partial charge in [-0.05, 0) is 43.4 Å². The standard InChI is InChI=1S/C17H26ClN3/c18-15-3-1-2-14(12-15)17(13-19)6-4-16(5-7-17)21-10-8-20-9-11-21/h1-3,12,16,20H,4-11,13,19H2. The summed E-state index contributed by atoms with van der Waals surface area (Å²) in [4.78, 5) is 2.66. The van der Waals surface area contributed by atoms with Crippen molar-refractivity contribution in [3.63, 3.8) is 0 Å². The highest BCUT2D eigenvalue weighted by Gasteiger charge is 2.37. The van der Waals surface area contributed by atoms with E-state index in [0.717, 1.165) is 30.7 Å². The van der Waals surface area contributed by atoms with Gasteiger partial charge in [0.2, 0.25) is 0 Å². The summed E-state index contributed by atoms with van der Waals surface area (Å²) in [6.45, 7) is 5.37. The van der Waals surface area contributed by atoms with E-state index in [0.29, 0.717) is 0 Å². The zero-order valence-electron chi connectivity index (χ0n) is 12.7. The van der Waals surface area contributed by atoms with Crippen LogP contribution < -0.4 is 11.1 Å². The van der Waals surface area contributed by atoms with Crippen LogP contribution in [-0.4, -0.2) is 43.7 Å². The van der Waals surface area contributed by atoms with Crippen molar-refractivity contribution in [2.75, 3.05) is 32.7 Å². The third-order valence-electron chi connectivity index (χ3n) is 5.41. The minimum atomic E-state index is 0.134. The van der Waals surface area contributed by atoms with Crippen LogP contribution >= 0.6 is 11.6 Å². The van der Waals surface area contributed by atoms with Crippen molar-refractivity contribution in [2.45, 2.75) is 37.1 Å². The molecule has 1 saturated carbocycles. The van der Waals surface area contributed by atoms with Crippen LogP contribution in [0.15, 0.2) is 24.3 Å². The van der Waals surface area contributed by atoms with E-state index in [2.05, 4.69) is 28.4 Å². The van der Waals surface area contributed by atoms with Gasteiger partial charge in [-0.1, -0.05) is 23.7 Å². The Hall–Kier alpha value is -0.610. The van der Waals surface area contributed by atoms with Crippen molar-refractivity contribution in [1.29, 1.82) is 0 Å². The van der Waals surface area contributed by atoms with Gasteiger partial charge >= 0.3 is 0 Å². The molecule has 1 aliphatic heterocycles. The number of nitrogens with two attached hydrogens (primary N) is 1. The maximum atomic E-state index is 6.18. The average Bonchev–Trinajstić information content (AvgIpc) is 2.56. The fraction of sp³-hybridized carbons (Fsp3) is 0.647. The summed E-state index contributed by atoms with van der Waals surface area (Å²) >= 11 is 6.18. The summed E-state index contributed by atoms with van der Waals surface area (Å²) in [5, 5.41) is 4.26. The van der Waals surface area contributed by atoms with E-state index < -0.39 is 0 Å². The summed E-state index contributed by atoms with van der Waals surface area (Å²) < 4.78 is 0. The Morgan fingerprint density at radius 1 is 1.24 bits per heavy atom. The minimum absolute atomic E-state index is 0.134. The molecule has 21 heavy (non-hydrogen) atoms. The summed E-state index contributed by atoms with van der Waals surface area (Å²) in [5.74, 6) is 0. The molecule has 0 spiro atoms. The summed E-state index contributed by atoms with van der Waals surface area (Å²) in [5.41, 5.74) is 7.64. The summed E-state index contributed by atoms with van der Waals surface area (Å²) in [7, 11) is 0. The Morgan fingerprint density at radius 2 is 1.95 bits per heavy atom. The molecule has 4 heteroatoms. The maximum Gasteiger partial charge on any atom is 0.0408 e. The molecular weight excluding hydrogens is 282 g/mol. The monoisotopic (exact) mass is 307 g/mol. The van der Waals surface area contributed by atoms with Crippen molar-refractivity contribution >= 4 is 11.6 Å². The third-order valence-corrected chi connectivity index (χ3v) is 5.64. The van der Waals surface area contributed by atoms with Gasteiger partial charge < -0.3 is 11.1 Å². The number of halogens is 1. The van der Waals surface area contributed by atoms with Gasteiger partial charge in [0.15, 0.2) is 0 Å². The highest BCUT2D eigenvalue weighted by molar-refractivity contribution is 6.30. The first kappa shape index (κ1) is 15.3. The zero-order valence-corrected chi connectivity index (χ0v) is 13.4. The SMILES string of the molecule is NCC1(c2cccc(Cl)c2)CCC(N2CCNCC2)CC1. The molecule has 1 heterocycles. The first-order valence-corrected chi connectivity index (χ1v) is 8.52. The van der Waals surface area contributed by atoms with E-state index in [1.807, 2.05) is 6.07 Å². The first-order valence-electron chi connectivity index (χ1n) is 8.14. The molecule has 3 nitrogen and oxygen atoms in total. The molecule has 0 atom stereocenters. The van der Waals surface area contributed by atoms with Crippen LogP contribution in [0.5, 0.6) is 0 Å². The lowest BCUT2D eigenvalue weighted by Crippen LogP contribution is -2.51. The quantitative estimate of drug-likeness (QED) is 0.901. The number of hydrogen-bond donors (Lipinski definition) is 2.